The lowest BCUT2D eigenvalue weighted by Crippen LogP contribution is -1.90. The van der Waals surface area contributed by atoms with Crippen LogP contribution in [0.15, 0.2) is 18.3 Å². The van der Waals surface area contributed by atoms with Crippen molar-refractivity contribution in [3.8, 4) is 0 Å². The lowest BCUT2D eigenvalue weighted by Gasteiger charge is -1.93. The van der Waals surface area contributed by atoms with Gasteiger partial charge in [0, 0.05) is 0 Å². The first-order valence-corrected chi connectivity index (χ1v) is 4.64. The van der Waals surface area contributed by atoms with Crippen molar-refractivity contribution in [1.29, 1.82) is 0 Å². The molecule has 0 aliphatic carbocycles. The molecular formula is C10H20N2O. The maximum atomic E-state index is 8.53. The Labute approximate surface area is 80.6 Å². The lowest BCUT2D eigenvalue weighted by atomic mass is 10.3. The number of nitrogens with two attached hydrogens (primary N) is 1. The van der Waals surface area contributed by atoms with E-state index in [2.05, 4.69) is 4.98 Å². The summed E-state index contributed by atoms with van der Waals surface area (Å²) >= 11 is 0. The Hall–Kier alpha value is -1.09. The second-order valence-corrected chi connectivity index (χ2v) is 1.74. The standard InChI is InChI=1S/C6H8N2O.2C2H6/c7-5-1-2-6(4-9)8-3-5;2*1-2/h1-3,9H,4,7H2;2*1-2H3. The highest BCUT2D eigenvalue weighted by Crippen LogP contribution is 1.99. The predicted molar refractivity (Wildman–Crippen MR) is 57.3 cm³/mol. The summed E-state index contributed by atoms with van der Waals surface area (Å²) in [6, 6.07) is 3.40. The summed E-state index contributed by atoms with van der Waals surface area (Å²) in [5, 5.41) is 8.53. The highest BCUT2D eigenvalue weighted by molar-refractivity contribution is 5.34. The number of rotatable bonds is 1. The largest absolute Gasteiger partial charge is 0.397 e. The molecule has 1 rings (SSSR count). The quantitative estimate of drug-likeness (QED) is 0.703. The zero-order chi connectivity index (χ0) is 10.7. The van der Waals surface area contributed by atoms with E-state index in [1.54, 1.807) is 12.1 Å². The minimum Gasteiger partial charge on any atom is -0.397 e. The zero-order valence-electron chi connectivity index (χ0n) is 8.91. The van der Waals surface area contributed by atoms with Crippen molar-refractivity contribution in [2.45, 2.75) is 34.3 Å². The van der Waals surface area contributed by atoms with Crippen molar-refractivity contribution >= 4 is 5.69 Å². The summed E-state index contributed by atoms with van der Waals surface area (Å²) in [5.41, 5.74) is 6.60. The maximum Gasteiger partial charge on any atom is 0.0852 e. The molecule has 0 aromatic carbocycles. The Morgan fingerprint density at radius 1 is 1.23 bits per heavy atom. The Morgan fingerprint density at radius 2 is 1.77 bits per heavy atom. The van der Waals surface area contributed by atoms with E-state index in [0.29, 0.717) is 11.4 Å². The van der Waals surface area contributed by atoms with Crippen molar-refractivity contribution in [1.82, 2.24) is 4.98 Å². The fraction of sp³-hybridized carbons (Fsp3) is 0.500. The molecule has 0 spiro atoms. The number of anilines is 1. The van der Waals surface area contributed by atoms with Crippen molar-refractivity contribution in [2.24, 2.45) is 0 Å². The third-order valence-electron chi connectivity index (χ3n) is 1.01. The second kappa shape index (κ2) is 10.9. The molecule has 3 nitrogen and oxygen atoms in total. The Morgan fingerprint density at radius 3 is 2.08 bits per heavy atom. The Balaban J connectivity index is 0. The molecule has 3 N–H and O–H groups in total. The summed E-state index contributed by atoms with van der Waals surface area (Å²) in [5.74, 6) is 0. The summed E-state index contributed by atoms with van der Waals surface area (Å²) in [7, 11) is 0. The average Bonchev–Trinajstić information content (AvgIpc) is 2.25. The number of hydrogen-bond acceptors (Lipinski definition) is 3. The van der Waals surface area contributed by atoms with Gasteiger partial charge in [-0.25, -0.2) is 0 Å². The first-order valence-electron chi connectivity index (χ1n) is 4.64. The summed E-state index contributed by atoms with van der Waals surface area (Å²) in [6.45, 7) is 7.97. The maximum absolute atomic E-state index is 8.53. The van der Waals surface area contributed by atoms with Crippen LogP contribution in [0.5, 0.6) is 0 Å². The highest BCUT2D eigenvalue weighted by atomic mass is 16.3. The van der Waals surface area contributed by atoms with Gasteiger partial charge in [0.2, 0.25) is 0 Å². The van der Waals surface area contributed by atoms with E-state index >= 15 is 0 Å². The Kier molecular flexibility index (Phi) is 12.1. The smallest absolute Gasteiger partial charge is 0.0852 e. The molecule has 0 aliphatic heterocycles. The van der Waals surface area contributed by atoms with E-state index < -0.39 is 0 Å². The topological polar surface area (TPSA) is 59.1 Å². The van der Waals surface area contributed by atoms with Crippen LogP contribution < -0.4 is 5.73 Å². The molecule has 0 fully saturated rings. The number of hydrogen-bond donors (Lipinski definition) is 2. The van der Waals surface area contributed by atoms with Crippen LogP contribution in [0.4, 0.5) is 5.69 Å². The number of nitrogens with zero attached hydrogens (tertiary/aromatic N) is 1. The molecular weight excluding hydrogens is 164 g/mol. The van der Waals surface area contributed by atoms with Gasteiger partial charge in [-0.1, -0.05) is 27.7 Å². The van der Waals surface area contributed by atoms with Crippen LogP contribution in [0.1, 0.15) is 33.4 Å². The number of nitrogen functional groups attached to an aromatic ring is 1. The molecule has 0 atom stereocenters. The molecule has 0 saturated carbocycles. The molecule has 1 aromatic heterocycles. The molecule has 1 heterocycles. The molecule has 13 heavy (non-hydrogen) atoms. The molecule has 3 heteroatoms. The van der Waals surface area contributed by atoms with Gasteiger partial charge in [-0.15, -0.1) is 0 Å². The summed E-state index contributed by atoms with van der Waals surface area (Å²) < 4.78 is 0. The molecule has 1 aromatic rings. The lowest BCUT2D eigenvalue weighted by molar-refractivity contribution is 0.277. The van der Waals surface area contributed by atoms with Crippen molar-refractivity contribution in [3.05, 3.63) is 24.0 Å². The Bertz CT molecular complexity index is 185. The van der Waals surface area contributed by atoms with E-state index in [0.717, 1.165) is 0 Å². The molecule has 76 valence electrons. The van der Waals surface area contributed by atoms with Gasteiger partial charge in [0.1, 0.15) is 0 Å². The van der Waals surface area contributed by atoms with Crippen LogP contribution in [0.2, 0.25) is 0 Å². The van der Waals surface area contributed by atoms with Crippen molar-refractivity contribution < 1.29 is 5.11 Å². The van der Waals surface area contributed by atoms with Gasteiger partial charge in [-0.2, -0.15) is 0 Å². The van der Waals surface area contributed by atoms with E-state index in [9.17, 15) is 0 Å². The molecule has 0 bridgehead atoms. The van der Waals surface area contributed by atoms with Gasteiger partial charge in [0.15, 0.2) is 0 Å². The van der Waals surface area contributed by atoms with Gasteiger partial charge >= 0.3 is 0 Å². The van der Waals surface area contributed by atoms with E-state index in [1.165, 1.54) is 6.20 Å². The van der Waals surface area contributed by atoms with E-state index in [1.807, 2.05) is 27.7 Å². The third kappa shape index (κ3) is 7.28. The average molecular weight is 184 g/mol. The molecule has 0 saturated heterocycles. The van der Waals surface area contributed by atoms with Gasteiger partial charge in [0.05, 0.1) is 24.2 Å². The zero-order valence-corrected chi connectivity index (χ0v) is 8.91. The van der Waals surface area contributed by atoms with Crippen molar-refractivity contribution in [2.75, 3.05) is 5.73 Å². The summed E-state index contributed by atoms with van der Waals surface area (Å²) in [4.78, 5) is 3.82. The number of aromatic nitrogens is 1. The van der Waals surface area contributed by atoms with Crippen LogP contribution >= 0.6 is 0 Å². The van der Waals surface area contributed by atoms with Gasteiger partial charge in [0.25, 0.3) is 0 Å². The molecule has 0 unspecified atom stereocenters. The van der Waals surface area contributed by atoms with Crippen LogP contribution in [0, 0.1) is 0 Å². The molecule has 0 aliphatic rings. The first kappa shape index (κ1) is 14.4. The van der Waals surface area contributed by atoms with Gasteiger partial charge in [-0.3, -0.25) is 4.98 Å². The SMILES string of the molecule is CC.CC.Nc1ccc(CO)nc1. The minimum absolute atomic E-state index is 0.0275. The fourth-order valence-electron chi connectivity index (χ4n) is 0.529. The van der Waals surface area contributed by atoms with Crippen molar-refractivity contribution in [3.63, 3.8) is 0 Å². The van der Waals surface area contributed by atoms with Crippen LogP contribution in [0.25, 0.3) is 0 Å². The molecule has 0 amide bonds. The fourth-order valence-corrected chi connectivity index (χ4v) is 0.529. The number of pyridine rings is 1. The van der Waals surface area contributed by atoms with E-state index in [4.69, 9.17) is 10.8 Å². The van der Waals surface area contributed by atoms with Gasteiger partial charge < -0.3 is 10.8 Å². The van der Waals surface area contributed by atoms with Crippen LogP contribution in [-0.4, -0.2) is 10.1 Å². The molecule has 0 radical (unpaired) electrons. The third-order valence-corrected chi connectivity index (χ3v) is 1.01. The normalized spacial score (nSPS) is 7.46. The number of aliphatic hydroxyl groups excluding tert-OH is 1. The monoisotopic (exact) mass is 184 g/mol. The first-order chi connectivity index (χ1) is 6.33. The van der Waals surface area contributed by atoms with E-state index in [-0.39, 0.29) is 6.61 Å². The van der Waals surface area contributed by atoms with Crippen LogP contribution in [-0.2, 0) is 6.61 Å². The predicted octanol–water partition coefficient (Wildman–Crippen LogP) is 2.21. The van der Waals surface area contributed by atoms with Gasteiger partial charge in [-0.05, 0) is 12.1 Å². The highest BCUT2D eigenvalue weighted by Gasteiger charge is 1.87. The second-order valence-electron chi connectivity index (χ2n) is 1.74. The van der Waals surface area contributed by atoms with Crippen LogP contribution in [0.3, 0.4) is 0 Å². The number of aliphatic hydroxyl groups is 1. The summed E-state index contributed by atoms with van der Waals surface area (Å²) in [6.07, 6.45) is 1.52. The minimum atomic E-state index is -0.0275.